The first-order chi connectivity index (χ1) is 13.7. The van der Waals surface area contributed by atoms with Gasteiger partial charge in [0.15, 0.2) is 5.96 Å². The first-order valence-corrected chi connectivity index (χ1v) is 11.3. The molecule has 0 aromatic heterocycles. The molecule has 2 fully saturated rings. The molecule has 0 saturated carbocycles. The van der Waals surface area contributed by atoms with Crippen molar-refractivity contribution >= 4 is 29.9 Å². The van der Waals surface area contributed by atoms with Gasteiger partial charge in [0.1, 0.15) is 0 Å². The molecule has 0 bridgehead atoms. The first-order valence-electron chi connectivity index (χ1n) is 11.3. The molecule has 8 heteroatoms. The van der Waals surface area contributed by atoms with Crippen LogP contribution in [0.15, 0.2) is 4.99 Å². The van der Waals surface area contributed by atoms with E-state index in [1.807, 2.05) is 0 Å². The molecule has 0 aliphatic carbocycles. The smallest absolute Gasteiger partial charge is 0.191 e. The van der Waals surface area contributed by atoms with Crippen LogP contribution >= 0.6 is 24.0 Å². The molecule has 29 heavy (non-hydrogen) atoms. The van der Waals surface area contributed by atoms with Crippen molar-refractivity contribution in [1.29, 1.82) is 0 Å². The van der Waals surface area contributed by atoms with Crippen LogP contribution in [0.3, 0.4) is 0 Å². The Balaban J connectivity index is 0.00000420. The highest BCUT2D eigenvalue weighted by atomic mass is 127. The van der Waals surface area contributed by atoms with Crippen LogP contribution in [0.4, 0.5) is 0 Å². The third-order valence-electron chi connectivity index (χ3n) is 5.52. The fraction of sp³-hybridized carbons (Fsp3) is 0.952. The van der Waals surface area contributed by atoms with E-state index in [9.17, 15) is 0 Å². The van der Waals surface area contributed by atoms with Crippen LogP contribution in [0.1, 0.15) is 33.1 Å². The summed E-state index contributed by atoms with van der Waals surface area (Å²) in [4.78, 5) is 9.76. The predicted molar refractivity (Wildman–Crippen MR) is 131 cm³/mol. The topological polar surface area (TPSA) is 61.4 Å². The lowest BCUT2D eigenvalue weighted by Crippen LogP contribution is -2.46. The summed E-state index contributed by atoms with van der Waals surface area (Å²) in [6.07, 6.45) is 3.29. The number of guanidine groups is 1. The Bertz CT molecular complexity index is 427. The van der Waals surface area contributed by atoms with Crippen LogP contribution in [0.2, 0.25) is 0 Å². The molecular weight excluding hydrogens is 481 g/mol. The fourth-order valence-electron chi connectivity index (χ4n) is 3.66. The number of ether oxygens (including phenoxy) is 2. The van der Waals surface area contributed by atoms with E-state index >= 15 is 0 Å². The average Bonchev–Trinajstić information content (AvgIpc) is 2.71. The monoisotopic (exact) mass is 525 g/mol. The maximum atomic E-state index is 5.84. The molecule has 0 aromatic rings. The van der Waals surface area contributed by atoms with Gasteiger partial charge in [-0.1, -0.05) is 6.92 Å². The summed E-state index contributed by atoms with van der Waals surface area (Å²) in [5, 5.41) is 6.80. The van der Waals surface area contributed by atoms with Gasteiger partial charge < -0.3 is 29.9 Å². The summed E-state index contributed by atoms with van der Waals surface area (Å²) in [6, 6.07) is 0. The van der Waals surface area contributed by atoms with Gasteiger partial charge in [-0.05, 0) is 45.1 Å². The van der Waals surface area contributed by atoms with Crippen molar-refractivity contribution in [2.75, 3.05) is 85.8 Å². The number of nitrogens with zero attached hydrogens (tertiary/aromatic N) is 3. The van der Waals surface area contributed by atoms with E-state index in [0.29, 0.717) is 11.8 Å². The highest BCUT2D eigenvalue weighted by molar-refractivity contribution is 14.0. The maximum Gasteiger partial charge on any atom is 0.191 e. The van der Waals surface area contributed by atoms with Crippen LogP contribution in [-0.2, 0) is 9.47 Å². The van der Waals surface area contributed by atoms with Crippen molar-refractivity contribution in [3.05, 3.63) is 0 Å². The third-order valence-corrected chi connectivity index (χ3v) is 5.52. The Hall–Kier alpha value is -0.160. The number of aliphatic imine (C=N–C) groups is 1. The average molecular weight is 526 g/mol. The number of likely N-dealkylation sites (N-methyl/N-ethyl adjacent to an activating group) is 1. The Labute approximate surface area is 195 Å². The van der Waals surface area contributed by atoms with E-state index < -0.39 is 0 Å². The minimum absolute atomic E-state index is 0. The maximum absolute atomic E-state index is 5.84. The number of rotatable bonds is 11. The standard InChI is InChI=1S/C21H43N5O2.HI/c1-4-22-21(23-8-5-13-28-18-20-6-14-27-15-7-20)24-16-19(2)17-26-11-9-25(3)10-12-26;/h19-20H,4-18H2,1-3H3,(H2,22,23,24);1H. The summed E-state index contributed by atoms with van der Waals surface area (Å²) < 4.78 is 11.2. The fourth-order valence-corrected chi connectivity index (χ4v) is 3.66. The number of hydrogen-bond donors (Lipinski definition) is 2. The second kappa shape index (κ2) is 16.5. The Morgan fingerprint density at radius 1 is 1.17 bits per heavy atom. The van der Waals surface area contributed by atoms with Gasteiger partial charge in [0.2, 0.25) is 0 Å². The first kappa shape index (κ1) is 26.9. The summed E-state index contributed by atoms with van der Waals surface area (Å²) in [6.45, 7) is 16.4. The summed E-state index contributed by atoms with van der Waals surface area (Å²) in [5.41, 5.74) is 0. The SMILES string of the molecule is CCNC(=NCC(C)CN1CCN(C)CC1)NCCCOCC1CCOCC1.I. The molecule has 1 atom stereocenters. The molecule has 172 valence electrons. The molecule has 2 rings (SSSR count). The van der Waals surface area contributed by atoms with E-state index in [2.05, 4.69) is 41.3 Å². The Morgan fingerprint density at radius 2 is 1.90 bits per heavy atom. The minimum atomic E-state index is 0. The van der Waals surface area contributed by atoms with Crippen molar-refractivity contribution in [2.45, 2.75) is 33.1 Å². The second-order valence-corrected chi connectivity index (χ2v) is 8.34. The van der Waals surface area contributed by atoms with E-state index in [-0.39, 0.29) is 24.0 Å². The van der Waals surface area contributed by atoms with E-state index in [0.717, 1.165) is 77.8 Å². The highest BCUT2D eigenvalue weighted by Crippen LogP contribution is 2.14. The van der Waals surface area contributed by atoms with Crippen molar-refractivity contribution < 1.29 is 9.47 Å². The quantitative estimate of drug-likeness (QED) is 0.186. The van der Waals surface area contributed by atoms with Crippen molar-refractivity contribution in [3.63, 3.8) is 0 Å². The molecule has 2 saturated heterocycles. The zero-order chi connectivity index (χ0) is 20.0. The largest absolute Gasteiger partial charge is 0.381 e. The van der Waals surface area contributed by atoms with Gasteiger partial charge in [-0.15, -0.1) is 24.0 Å². The normalized spacial score (nSPS) is 20.9. The molecule has 2 heterocycles. The Morgan fingerprint density at radius 3 is 2.59 bits per heavy atom. The van der Waals surface area contributed by atoms with Gasteiger partial charge >= 0.3 is 0 Å². The molecule has 7 nitrogen and oxygen atoms in total. The van der Waals surface area contributed by atoms with Gasteiger partial charge in [-0.3, -0.25) is 4.99 Å². The minimum Gasteiger partial charge on any atom is -0.381 e. The second-order valence-electron chi connectivity index (χ2n) is 8.34. The highest BCUT2D eigenvalue weighted by Gasteiger charge is 2.16. The molecule has 0 amide bonds. The molecule has 0 spiro atoms. The summed E-state index contributed by atoms with van der Waals surface area (Å²) in [7, 11) is 2.20. The Kier molecular flexibility index (Phi) is 15.3. The lowest BCUT2D eigenvalue weighted by atomic mass is 10.0. The van der Waals surface area contributed by atoms with E-state index in [4.69, 9.17) is 14.5 Å². The predicted octanol–water partition coefficient (Wildman–Crippen LogP) is 1.88. The van der Waals surface area contributed by atoms with Crippen LogP contribution in [0.25, 0.3) is 0 Å². The molecule has 2 aliphatic rings. The third kappa shape index (κ3) is 12.3. The molecule has 0 aromatic carbocycles. The number of nitrogens with one attached hydrogen (secondary N) is 2. The van der Waals surface area contributed by atoms with E-state index in [1.165, 1.54) is 26.2 Å². The lowest BCUT2D eigenvalue weighted by molar-refractivity contribution is 0.0203. The molecule has 2 N–H and O–H groups in total. The number of hydrogen-bond acceptors (Lipinski definition) is 5. The summed E-state index contributed by atoms with van der Waals surface area (Å²) >= 11 is 0. The van der Waals surface area contributed by atoms with Gasteiger partial charge in [-0.25, -0.2) is 0 Å². The van der Waals surface area contributed by atoms with Crippen LogP contribution < -0.4 is 10.6 Å². The van der Waals surface area contributed by atoms with E-state index in [1.54, 1.807) is 0 Å². The van der Waals surface area contributed by atoms with Crippen LogP contribution in [0.5, 0.6) is 0 Å². The zero-order valence-corrected chi connectivity index (χ0v) is 21.2. The van der Waals surface area contributed by atoms with Gasteiger partial charge in [0.05, 0.1) is 0 Å². The summed E-state index contributed by atoms with van der Waals surface area (Å²) in [5.74, 6) is 2.18. The molecule has 0 radical (unpaired) electrons. The molecule has 2 aliphatic heterocycles. The lowest BCUT2D eigenvalue weighted by Gasteiger charge is -2.33. The van der Waals surface area contributed by atoms with Crippen molar-refractivity contribution in [1.82, 2.24) is 20.4 Å². The van der Waals surface area contributed by atoms with Crippen LogP contribution in [0, 0.1) is 11.8 Å². The van der Waals surface area contributed by atoms with Crippen LogP contribution in [-0.4, -0.2) is 102 Å². The van der Waals surface area contributed by atoms with Gasteiger partial charge in [0.25, 0.3) is 0 Å². The van der Waals surface area contributed by atoms with Gasteiger partial charge in [-0.2, -0.15) is 0 Å². The molecular formula is C21H44IN5O2. The number of piperazine rings is 1. The molecule has 1 unspecified atom stereocenters. The van der Waals surface area contributed by atoms with Crippen molar-refractivity contribution in [3.8, 4) is 0 Å². The zero-order valence-electron chi connectivity index (χ0n) is 18.8. The number of halogens is 1. The van der Waals surface area contributed by atoms with Gasteiger partial charge in [0, 0.05) is 78.8 Å². The van der Waals surface area contributed by atoms with Crippen molar-refractivity contribution in [2.24, 2.45) is 16.8 Å².